The lowest BCUT2D eigenvalue weighted by Crippen LogP contribution is -2.71. The number of likely N-dealkylation sites (tertiary alicyclic amines) is 1. The highest BCUT2D eigenvalue weighted by atomic mass is 19.2. The fourth-order valence-electron chi connectivity index (χ4n) is 4.81. The number of rotatable bonds is 7. The van der Waals surface area contributed by atoms with Crippen LogP contribution in [-0.4, -0.2) is 45.9 Å². The summed E-state index contributed by atoms with van der Waals surface area (Å²) < 4.78 is 28.9. The number of aryl methyl sites for hydroxylation is 2. The number of hydrogen-bond acceptors (Lipinski definition) is 5. The smallest absolute Gasteiger partial charge is 0.333 e. The van der Waals surface area contributed by atoms with Crippen LogP contribution >= 0.6 is 0 Å². The number of imide groups is 1. The predicted molar refractivity (Wildman–Crippen MR) is 135 cm³/mol. The van der Waals surface area contributed by atoms with Crippen LogP contribution in [0.4, 0.5) is 25.2 Å². The zero-order valence-electron chi connectivity index (χ0n) is 21.5. The molecule has 0 saturated carbocycles. The molecule has 2 aromatic heterocycles. The Morgan fingerprint density at radius 3 is 2.58 bits per heavy atom. The molecular weight excluding hydrogens is 496 g/mol. The molecule has 0 unspecified atom stereocenters. The van der Waals surface area contributed by atoms with Gasteiger partial charge in [-0.15, -0.1) is 0 Å². The number of halogens is 2. The van der Waals surface area contributed by atoms with Crippen LogP contribution in [0.3, 0.4) is 0 Å². The molecule has 10 nitrogen and oxygen atoms in total. The summed E-state index contributed by atoms with van der Waals surface area (Å²) in [6, 6.07) is 5.86. The first-order valence-electron chi connectivity index (χ1n) is 12.1. The average molecular weight is 527 g/mol. The summed E-state index contributed by atoms with van der Waals surface area (Å²) in [5, 5.41) is 5.63. The molecule has 12 heteroatoms. The summed E-state index contributed by atoms with van der Waals surface area (Å²) in [5.74, 6) is -3.03. The molecule has 3 heterocycles. The normalized spacial score (nSPS) is 17.6. The van der Waals surface area contributed by atoms with Gasteiger partial charge in [-0.05, 0) is 55.2 Å². The number of aromatic amines is 1. The van der Waals surface area contributed by atoms with Gasteiger partial charge in [0.15, 0.2) is 17.7 Å². The van der Waals surface area contributed by atoms with Gasteiger partial charge in [-0.25, -0.2) is 33.4 Å². The number of nitrogens with one attached hydrogen (secondary N) is 2. The minimum absolute atomic E-state index is 0.181. The molecule has 0 spiro atoms. The van der Waals surface area contributed by atoms with Crippen LogP contribution in [0.5, 0.6) is 0 Å². The lowest BCUT2D eigenvalue weighted by Gasteiger charge is -2.44. The Morgan fingerprint density at radius 1 is 1.24 bits per heavy atom. The largest absolute Gasteiger partial charge is 0.384 e. The first-order chi connectivity index (χ1) is 18.0. The number of benzene rings is 1. The van der Waals surface area contributed by atoms with Crippen molar-refractivity contribution in [2.24, 2.45) is 13.0 Å². The van der Waals surface area contributed by atoms with Gasteiger partial charge in [-0.3, -0.25) is 4.79 Å². The number of nitrogen functional groups attached to an aromatic ring is 1. The van der Waals surface area contributed by atoms with E-state index in [1.807, 2.05) is 0 Å². The quantitative estimate of drug-likeness (QED) is 0.322. The third-order valence-corrected chi connectivity index (χ3v) is 6.74. The van der Waals surface area contributed by atoms with Crippen LogP contribution in [0.2, 0.25) is 0 Å². The van der Waals surface area contributed by atoms with Gasteiger partial charge < -0.3 is 11.1 Å². The van der Waals surface area contributed by atoms with Crippen molar-refractivity contribution >= 4 is 29.5 Å². The summed E-state index contributed by atoms with van der Waals surface area (Å²) >= 11 is 0. The molecular formula is C26H30F2N7O3+. The predicted octanol–water partition coefficient (Wildman–Crippen LogP) is 2.30. The fourth-order valence-corrected chi connectivity index (χ4v) is 4.81. The first kappa shape index (κ1) is 26.7. The Morgan fingerprint density at radius 2 is 1.97 bits per heavy atom. The van der Waals surface area contributed by atoms with Crippen LogP contribution in [0.15, 0.2) is 42.6 Å². The number of urea groups is 1. The van der Waals surface area contributed by atoms with Gasteiger partial charge in [-0.1, -0.05) is 13.0 Å². The second kappa shape index (κ2) is 10.6. The van der Waals surface area contributed by atoms with Crippen molar-refractivity contribution < 1.29 is 27.8 Å². The van der Waals surface area contributed by atoms with E-state index < -0.39 is 47.5 Å². The van der Waals surface area contributed by atoms with Crippen LogP contribution in [0.25, 0.3) is 0 Å². The van der Waals surface area contributed by atoms with Gasteiger partial charge in [0, 0.05) is 18.0 Å². The number of amides is 4. The molecule has 38 heavy (non-hydrogen) atoms. The minimum Gasteiger partial charge on any atom is -0.384 e. The lowest BCUT2D eigenvalue weighted by molar-refractivity contribution is -0.714. The maximum Gasteiger partial charge on any atom is 0.333 e. The number of aromatic nitrogens is 3. The van der Waals surface area contributed by atoms with Crippen molar-refractivity contribution in [3.05, 3.63) is 71.1 Å². The molecule has 1 aromatic carbocycles. The molecule has 0 bridgehead atoms. The second-order valence-corrected chi connectivity index (χ2v) is 9.37. The van der Waals surface area contributed by atoms with Crippen molar-refractivity contribution in [2.45, 2.75) is 38.8 Å². The van der Waals surface area contributed by atoms with Crippen molar-refractivity contribution in [2.75, 3.05) is 17.7 Å². The Balaban J connectivity index is 1.62. The molecule has 4 N–H and O–H groups in total. The van der Waals surface area contributed by atoms with Crippen molar-refractivity contribution in [3.63, 3.8) is 0 Å². The van der Waals surface area contributed by atoms with Crippen molar-refractivity contribution in [3.8, 4) is 0 Å². The van der Waals surface area contributed by atoms with E-state index in [0.717, 1.165) is 17.0 Å². The van der Waals surface area contributed by atoms with Crippen molar-refractivity contribution in [1.29, 1.82) is 0 Å². The minimum atomic E-state index is -1.10. The van der Waals surface area contributed by atoms with Crippen LogP contribution in [0.1, 0.15) is 36.2 Å². The number of carbonyl (C=O) groups is 3. The number of likely N-dealkylation sites (N-methyl/N-ethyl adjacent to an activating group) is 1. The SMILES string of the molecule is CC[C@@H](NC(=O)N1C(=O)[C@H](Cc2cc(C)nc(N)c2)[C@H]1C(=O)N(C)c1cc[nH][n+]1C)c1ccc(F)c(F)c1. The molecule has 1 aliphatic heterocycles. The molecule has 3 atom stereocenters. The van der Waals surface area contributed by atoms with E-state index in [1.165, 1.54) is 11.0 Å². The summed E-state index contributed by atoms with van der Waals surface area (Å²) in [6.07, 6.45) is 2.18. The highest BCUT2D eigenvalue weighted by molar-refractivity contribution is 6.12. The zero-order valence-corrected chi connectivity index (χ0v) is 21.5. The van der Waals surface area contributed by atoms with E-state index in [-0.39, 0.29) is 12.2 Å². The number of nitrogens with two attached hydrogens (primary N) is 1. The van der Waals surface area contributed by atoms with Gasteiger partial charge in [0.05, 0.1) is 19.0 Å². The maximum atomic E-state index is 13.8. The van der Waals surface area contributed by atoms with Gasteiger partial charge in [0.2, 0.25) is 5.91 Å². The second-order valence-electron chi connectivity index (χ2n) is 9.37. The van der Waals surface area contributed by atoms with E-state index >= 15 is 0 Å². The Labute approximate surface area is 218 Å². The number of hydrogen-bond donors (Lipinski definition) is 3. The monoisotopic (exact) mass is 526 g/mol. The van der Waals surface area contributed by atoms with E-state index in [1.54, 1.807) is 57.0 Å². The molecule has 1 saturated heterocycles. The maximum absolute atomic E-state index is 13.8. The van der Waals surface area contributed by atoms with Gasteiger partial charge >= 0.3 is 17.8 Å². The van der Waals surface area contributed by atoms with Crippen molar-refractivity contribution in [1.82, 2.24) is 20.3 Å². The molecule has 0 radical (unpaired) electrons. The van der Waals surface area contributed by atoms with Gasteiger partial charge in [0.25, 0.3) is 0 Å². The highest BCUT2D eigenvalue weighted by Gasteiger charge is 2.57. The number of pyridine rings is 1. The van der Waals surface area contributed by atoms with Crippen LogP contribution < -0.4 is 20.6 Å². The molecule has 4 amide bonds. The van der Waals surface area contributed by atoms with Crippen LogP contribution in [0, 0.1) is 24.5 Å². The molecule has 200 valence electrons. The molecule has 4 rings (SSSR count). The van der Waals surface area contributed by atoms with Crippen LogP contribution in [-0.2, 0) is 23.1 Å². The molecule has 0 aliphatic carbocycles. The van der Waals surface area contributed by atoms with E-state index in [0.29, 0.717) is 29.1 Å². The van der Waals surface area contributed by atoms with E-state index in [2.05, 4.69) is 15.4 Å². The standard InChI is InChI=1S/C26H29F2N7O3/c1-5-20(16-6-7-18(27)19(28)13-16)32-26(38)35-23(25(37)33(3)22-8-9-30-34(22)4)17(24(35)36)11-15-10-14(2)31-21(29)12-15/h6-10,12-13,17,20,23H,5,11H2,1-4H3,(H3,29,31,32,38)/p+1/t17-,20-,23+/m1/s1. The van der Waals surface area contributed by atoms with E-state index in [4.69, 9.17) is 5.73 Å². The average Bonchev–Trinajstić information content (AvgIpc) is 3.30. The van der Waals surface area contributed by atoms with E-state index in [9.17, 15) is 23.2 Å². The first-order valence-corrected chi connectivity index (χ1v) is 12.1. The number of carbonyl (C=O) groups excluding carboxylic acids is 3. The Bertz CT molecular complexity index is 1370. The lowest BCUT2D eigenvalue weighted by atomic mass is 9.81. The number of H-pyrrole nitrogens is 1. The number of anilines is 2. The Hall–Kier alpha value is -4.35. The third-order valence-electron chi connectivity index (χ3n) is 6.74. The topological polar surface area (TPSA) is 128 Å². The molecule has 1 fully saturated rings. The fraction of sp³-hybridized carbons (Fsp3) is 0.346. The highest BCUT2D eigenvalue weighted by Crippen LogP contribution is 2.33. The summed E-state index contributed by atoms with van der Waals surface area (Å²) in [7, 11) is 3.29. The summed E-state index contributed by atoms with van der Waals surface area (Å²) in [6.45, 7) is 3.53. The third kappa shape index (κ3) is 5.06. The summed E-state index contributed by atoms with van der Waals surface area (Å²) in [4.78, 5) is 46.7. The zero-order chi connectivity index (χ0) is 27.7. The number of nitrogens with zero attached hydrogens (tertiary/aromatic N) is 4. The molecule has 3 aromatic rings. The van der Waals surface area contributed by atoms with Gasteiger partial charge in [0.1, 0.15) is 12.9 Å². The summed E-state index contributed by atoms with van der Waals surface area (Å²) in [5.41, 5.74) is 7.59. The number of β-lactam (4-membered cyclic amide) rings is 1. The molecule has 1 aliphatic rings. The van der Waals surface area contributed by atoms with Gasteiger partial charge in [-0.2, -0.15) is 9.58 Å². The Kier molecular flexibility index (Phi) is 7.42.